The fourth-order valence-electron chi connectivity index (χ4n) is 3.26. The summed E-state index contributed by atoms with van der Waals surface area (Å²) >= 11 is 0. The van der Waals surface area contributed by atoms with Crippen LogP contribution in [0.25, 0.3) is 0 Å². The SMILES string of the molecule is CCOC(=O)OC(C)OC(=O)O[C@H]1Cc2ccccc2N1C(=O)[C@H](C)C[C@@H](C)C(=O)O. The Balaban J connectivity index is 2.09. The van der Waals surface area contributed by atoms with E-state index >= 15 is 0 Å². The average molecular weight is 437 g/mol. The van der Waals surface area contributed by atoms with E-state index in [1.54, 1.807) is 38.1 Å². The van der Waals surface area contributed by atoms with Gasteiger partial charge in [0, 0.05) is 19.3 Å². The summed E-state index contributed by atoms with van der Waals surface area (Å²) in [6.07, 6.45) is -3.97. The number of nitrogens with zero attached hydrogens (tertiary/aromatic N) is 1. The molecule has 31 heavy (non-hydrogen) atoms. The smallest absolute Gasteiger partial charge is 0.481 e. The molecule has 1 unspecified atom stereocenters. The van der Waals surface area contributed by atoms with Crippen molar-refractivity contribution < 1.29 is 43.2 Å². The van der Waals surface area contributed by atoms with Gasteiger partial charge in [-0.25, -0.2) is 9.59 Å². The normalized spacial score (nSPS) is 17.7. The number of hydrogen-bond acceptors (Lipinski definition) is 8. The Kier molecular flexibility index (Phi) is 8.23. The second-order valence-electron chi connectivity index (χ2n) is 7.23. The number of rotatable bonds is 8. The zero-order valence-corrected chi connectivity index (χ0v) is 17.9. The maximum atomic E-state index is 13.1. The van der Waals surface area contributed by atoms with Crippen molar-refractivity contribution in [2.45, 2.75) is 53.1 Å². The lowest BCUT2D eigenvalue weighted by Gasteiger charge is -2.28. The number of anilines is 1. The molecule has 170 valence electrons. The fourth-order valence-corrected chi connectivity index (χ4v) is 3.26. The van der Waals surface area contributed by atoms with Crippen LogP contribution in [0.3, 0.4) is 0 Å². The highest BCUT2D eigenvalue weighted by atomic mass is 16.8. The molecular weight excluding hydrogens is 410 g/mol. The van der Waals surface area contributed by atoms with Gasteiger partial charge in [-0.3, -0.25) is 14.5 Å². The van der Waals surface area contributed by atoms with Crippen LogP contribution in [0.1, 0.15) is 39.7 Å². The van der Waals surface area contributed by atoms with Gasteiger partial charge in [0.1, 0.15) is 0 Å². The van der Waals surface area contributed by atoms with Crippen molar-refractivity contribution in [1.82, 2.24) is 0 Å². The molecule has 1 N–H and O–H groups in total. The first kappa shape index (κ1) is 24.0. The number of fused-ring (bicyclic) bond motifs is 1. The number of carboxylic acid groups (broad SMARTS) is 1. The van der Waals surface area contributed by atoms with Crippen LogP contribution in [-0.4, -0.2) is 48.4 Å². The van der Waals surface area contributed by atoms with Crippen LogP contribution in [0.5, 0.6) is 0 Å². The molecule has 0 spiro atoms. The van der Waals surface area contributed by atoms with Gasteiger partial charge in [0.25, 0.3) is 6.29 Å². The van der Waals surface area contributed by atoms with Gasteiger partial charge in [0.15, 0.2) is 6.23 Å². The lowest BCUT2D eigenvalue weighted by atomic mass is 9.96. The van der Waals surface area contributed by atoms with E-state index in [0.29, 0.717) is 5.69 Å². The third-order valence-corrected chi connectivity index (χ3v) is 4.74. The molecule has 1 aromatic rings. The Hall–Kier alpha value is -3.30. The standard InChI is InChI=1S/C21H27NO9/c1-5-28-20(26)29-14(4)30-21(27)31-17-11-15-8-6-7-9-16(15)22(17)18(23)12(2)10-13(3)19(24)25/h6-9,12-14,17H,5,10-11H2,1-4H3,(H,24,25)/t12-,13-,14?,17+/m1/s1. The number of para-hydroxylation sites is 1. The monoisotopic (exact) mass is 437 g/mol. The van der Waals surface area contributed by atoms with Gasteiger partial charge in [-0.2, -0.15) is 0 Å². The minimum atomic E-state index is -1.25. The third-order valence-electron chi connectivity index (χ3n) is 4.74. The largest absolute Gasteiger partial charge is 0.513 e. The number of hydrogen-bond donors (Lipinski definition) is 1. The summed E-state index contributed by atoms with van der Waals surface area (Å²) in [5, 5.41) is 9.13. The number of carbonyl (C=O) groups is 4. The highest BCUT2D eigenvalue weighted by molar-refractivity contribution is 5.97. The van der Waals surface area contributed by atoms with Gasteiger partial charge < -0.3 is 24.1 Å². The highest BCUT2D eigenvalue weighted by Crippen LogP contribution is 2.34. The van der Waals surface area contributed by atoms with Crippen molar-refractivity contribution >= 4 is 29.9 Å². The van der Waals surface area contributed by atoms with Crippen LogP contribution >= 0.6 is 0 Å². The molecule has 0 saturated heterocycles. The molecule has 1 heterocycles. The molecule has 0 aromatic heterocycles. The molecule has 0 radical (unpaired) electrons. The van der Waals surface area contributed by atoms with E-state index in [4.69, 9.17) is 19.3 Å². The topological polar surface area (TPSA) is 129 Å². The second-order valence-corrected chi connectivity index (χ2v) is 7.23. The van der Waals surface area contributed by atoms with Crippen molar-refractivity contribution in [3.8, 4) is 0 Å². The Morgan fingerprint density at radius 2 is 1.71 bits per heavy atom. The van der Waals surface area contributed by atoms with E-state index in [1.165, 1.54) is 18.7 Å². The van der Waals surface area contributed by atoms with Crippen molar-refractivity contribution in [3.63, 3.8) is 0 Å². The molecule has 1 aliphatic rings. The summed E-state index contributed by atoms with van der Waals surface area (Å²) in [5.41, 5.74) is 1.37. The second kappa shape index (κ2) is 10.6. The summed E-state index contributed by atoms with van der Waals surface area (Å²) in [4.78, 5) is 49.1. The van der Waals surface area contributed by atoms with Crippen molar-refractivity contribution in [2.24, 2.45) is 11.8 Å². The zero-order chi connectivity index (χ0) is 23.1. The predicted molar refractivity (Wildman–Crippen MR) is 107 cm³/mol. The summed E-state index contributed by atoms with van der Waals surface area (Å²) in [7, 11) is 0. The van der Waals surface area contributed by atoms with E-state index in [2.05, 4.69) is 4.74 Å². The van der Waals surface area contributed by atoms with E-state index in [-0.39, 0.29) is 25.4 Å². The molecule has 0 fully saturated rings. The van der Waals surface area contributed by atoms with E-state index < -0.39 is 42.6 Å². The lowest BCUT2D eigenvalue weighted by molar-refractivity contribution is -0.141. The van der Waals surface area contributed by atoms with Gasteiger partial charge >= 0.3 is 18.3 Å². The van der Waals surface area contributed by atoms with Gasteiger partial charge in [-0.1, -0.05) is 32.0 Å². The maximum absolute atomic E-state index is 13.1. The van der Waals surface area contributed by atoms with Crippen molar-refractivity contribution in [1.29, 1.82) is 0 Å². The molecular formula is C21H27NO9. The molecule has 0 saturated carbocycles. The summed E-state index contributed by atoms with van der Waals surface area (Å²) in [5.74, 6) is -2.69. The van der Waals surface area contributed by atoms with Crippen LogP contribution in [0.2, 0.25) is 0 Å². The lowest BCUT2D eigenvalue weighted by Crippen LogP contribution is -2.44. The molecule has 1 aromatic carbocycles. The molecule has 4 atom stereocenters. The van der Waals surface area contributed by atoms with Gasteiger partial charge in [0.2, 0.25) is 5.91 Å². The van der Waals surface area contributed by atoms with Crippen LogP contribution in [-0.2, 0) is 35.0 Å². The predicted octanol–water partition coefficient (Wildman–Crippen LogP) is 3.32. The molecule has 10 nitrogen and oxygen atoms in total. The Morgan fingerprint density at radius 3 is 2.35 bits per heavy atom. The summed E-state index contributed by atoms with van der Waals surface area (Å²) < 4.78 is 19.6. The first-order chi connectivity index (χ1) is 14.6. The molecule has 10 heteroatoms. The Bertz CT molecular complexity index is 825. The van der Waals surface area contributed by atoms with E-state index in [0.717, 1.165) is 5.56 Å². The zero-order valence-electron chi connectivity index (χ0n) is 17.9. The highest BCUT2D eigenvalue weighted by Gasteiger charge is 2.39. The Labute approximate surface area is 180 Å². The fraction of sp³-hybridized carbons (Fsp3) is 0.524. The molecule has 1 amide bonds. The van der Waals surface area contributed by atoms with Crippen molar-refractivity contribution in [3.05, 3.63) is 29.8 Å². The van der Waals surface area contributed by atoms with Crippen LogP contribution in [0.4, 0.5) is 15.3 Å². The Morgan fingerprint density at radius 1 is 1.06 bits per heavy atom. The molecule has 0 bridgehead atoms. The minimum absolute atomic E-state index is 0.103. The van der Waals surface area contributed by atoms with Crippen LogP contribution in [0, 0.1) is 11.8 Å². The van der Waals surface area contributed by atoms with Gasteiger partial charge in [0.05, 0.1) is 18.2 Å². The molecule has 0 aliphatic carbocycles. The number of amides is 1. The van der Waals surface area contributed by atoms with E-state index in [1.807, 2.05) is 0 Å². The molecule has 2 rings (SSSR count). The number of benzene rings is 1. The summed E-state index contributed by atoms with van der Waals surface area (Å²) in [6, 6.07) is 7.08. The number of aliphatic carboxylic acids is 1. The first-order valence-electron chi connectivity index (χ1n) is 9.98. The van der Waals surface area contributed by atoms with Gasteiger partial charge in [-0.15, -0.1) is 0 Å². The number of ether oxygens (including phenoxy) is 4. The molecule has 1 aliphatic heterocycles. The maximum Gasteiger partial charge on any atom is 0.513 e. The quantitative estimate of drug-likeness (QED) is 0.481. The first-order valence-corrected chi connectivity index (χ1v) is 9.98. The average Bonchev–Trinajstić information content (AvgIpc) is 3.04. The van der Waals surface area contributed by atoms with Crippen molar-refractivity contribution in [2.75, 3.05) is 11.5 Å². The van der Waals surface area contributed by atoms with Crippen LogP contribution < -0.4 is 4.90 Å². The van der Waals surface area contributed by atoms with E-state index in [9.17, 15) is 19.2 Å². The minimum Gasteiger partial charge on any atom is -0.481 e. The third kappa shape index (κ3) is 6.34. The summed E-state index contributed by atoms with van der Waals surface area (Å²) in [6.45, 7) is 6.18. The number of carboxylic acids is 1. The number of carbonyl (C=O) groups excluding carboxylic acids is 3. The van der Waals surface area contributed by atoms with Crippen LogP contribution in [0.15, 0.2) is 24.3 Å². The van der Waals surface area contributed by atoms with Gasteiger partial charge in [-0.05, 0) is 25.0 Å².